The van der Waals surface area contributed by atoms with Crippen LogP contribution in [0.2, 0.25) is 5.02 Å². The molecule has 6 nitrogen and oxygen atoms in total. The highest BCUT2D eigenvalue weighted by Gasteiger charge is 2.20. The predicted molar refractivity (Wildman–Crippen MR) is 128 cm³/mol. The zero-order valence-electron chi connectivity index (χ0n) is 18.1. The fraction of sp³-hybridized carbons (Fsp3) is 0.208. The molecule has 0 aromatic heterocycles. The van der Waals surface area contributed by atoms with Gasteiger partial charge in [-0.2, -0.15) is 0 Å². The molecule has 0 heterocycles. The molecule has 0 unspecified atom stereocenters. The maximum Gasteiger partial charge on any atom is 0.265 e. The van der Waals surface area contributed by atoms with Gasteiger partial charge in [-0.1, -0.05) is 42.8 Å². The summed E-state index contributed by atoms with van der Waals surface area (Å²) in [6, 6.07) is 18.5. The Morgan fingerprint density at radius 3 is 2.38 bits per heavy atom. The van der Waals surface area contributed by atoms with Crippen molar-refractivity contribution in [3.63, 3.8) is 0 Å². The quantitative estimate of drug-likeness (QED) is 0.450. The molecule has 0 spiro atoms. The highest BCUT2D eigenvalue weighted by molar-refractivity contribution is 7.92. The van der Waals surface area contributed by atoms with E-state index in [0.717, 1.165) is 11.1 Å². The SMILES string of the molecule is CC[C@@H](Oc1ccccc1Cl)C(=O)Nc1ccc(S(=O)(=O)Nc2cc(C)ccc2C)cc1. The number of rotatable bonds is 8. The number of aryl methyl sites for hydroxylation is 2. The van der Waals surface area contributed by atoms with Crippen LogP contribution in [0, 0.1) is 13.8 Å². The monoisotopic (exact) mass is 472 g/mol. The molecule has 2 N–H and O–H groups in total. The third-order valence-corrected chi connectivity index (χ3v) is 6.53. The van der Waals surface area contributed by atoms with Crippen molar-refractivity contribution in [3.8, 4) is 5.75 Å². The fourth-order valence-electron chi connectivity index (χ4n) is 3.01. The van der Waals surface area contributed by atoms with Crippen LogP contribution in [0.1, 0.15) is 24.5 Å². The molecule has 8 heteroatoms. The van der Waals surface area contributed by atoms with E-state index in [2.05, 4.69) is 10.0 Å². The van der Waals surface area contributed by atoms with Crippen LogP contribution < -0.4 is 14.8 Å². The molecule has 0 bridgehead atoms. The molecule has 32 heavy (non-hydrogen) atoms. The summed E-state index contributed by atoms with van der Waals surface area (Å²) in [4.78, 5) is 12.7. The molecular weight excluding hydrogens is 448 g/mol. The van der Waals surface area contributed by atoms with Gasteiger partial charge in [-0.15, -0.1) is 0 Å². The van der Waals surface area contributed by atoms with Crippen LogP contribution in [0.15, 0.2) is 71.6 Å². The summed E-state index contributed by atoms with van der Waals surface area (Å²) in [5.74, 6) is 0.0756. The maximum absolute atomic E-state index is 12.8. The van der Waals surface area contributed by atoms with E-state index in [9.17, 15) is 13.2 Å². The minimum absolute atomic E-state index is 0.0933. The minimum Gasteiger partial charge on any atom is -0.479 e. The first-order valence-electron chi connectivity index (χ1n) is 10.1. The number of benzene rings is 3. The van der Waals surface area contributed by atoms with Crippen molar-refractivity contribution < 1.29 is 17.9 Å². The van der Waals surface area contributed by atoms with Crippen molar-refractivity contribution in [1.29, 1.82) is 0 Å². The minimum atomic E-state index is -3.77. The molecule has 0 aliphatic rings. The lowest BCUT2D eigenvalue weighted by Gasteiger charge is -2.18. The molecule has 3 aromatic rings. The van der Waals surface area contributed by atoms with Crippen molar-refractivity contribution in [3.05, 3.63) is 82.9 Å². The van der Waals surface area contributed by atoms with Crippen LogP contribution in [-0.4, -0.2) is 20.4 Å². The van der Waals surface area contributed by atoms with Gasteiger partial charge in [0.1, 0.15) is 5.75 Å². The molecular formula is C24H25ClN2O4S. The van der Waals surface area contributed by atoms with Crippen LogP contribution in [0.5, 0.6) is 5.75 Å². The second-order valence-electron chi connectivity index (χ2n) is 7.38. The van der Waals surface area contributed by atoms with Gasteiger partial charge >= 0.3 is 0 Å². The number of carbonyl (C=O) groups excluding carboxylic acids is 1. The first-order valence-corrected chi connectivity index (χ1v) is 12.0. The Bertz CT molecular complexity index is 1210. The Morgan fingerprint density at radius 1 is 1.03 bits per heavy atom. The summed E-state index contributed by atoms with van der Waals surface area (Å²) in [5.41, 5.74) is 2.77. The molecule has 0 saturated heterocycles. The van der Waals surface area contributed by atoms with Crippen molar-refractivity contribution >= 4 is 38.9 Å². The number of para-hydroxylation sites is 1. The molecule has 168 valence electrons. The maximum atomic E-state index is 12.8. The van der Waals surface area contributed by atoms with E-state index in [-0.39, 0.29) is 10.8 Å². The summed E-state index contributed by atoms with van der Waals surface area (Å²) < 4.78 is 33.9. The number of amides is 1. The lowest BCUT2D eigenvalue weighted by molar-refractivity contribution is -0.122. The number of hydrogen-bond donors (Lipinski definition) is 2. The highest BCUT2D eigenvalue weighted by Crippen LogP contribution is 2.26. The first-order chi connectivity index (χ1) is 15.2. The van der Waals surface area contributed by atoms with Gasteiger partial charge in [0, 0.05) is 5.69 Å². The average Bonchev–Trinajstić information content (AvgIpc) is 2.76. The van der Waals surface area contributed by atoms with Crippen LogP contribution in [-0.2, 0) is 14.8 Å². The van der Waals surface area contributed by atoms with Crippen molar-refractivity contribution in [2.24, 2.45) is 0 Å². The average molecular weight is 473 g/mol. The normalized spacial score (nSPS) is 12.1. The molecule has 3 rings (SSSR count). The lowest BCUT2D eigenvalue weighted by atomic mass is 10.1. The molecule has 0 fully saturated rings. The van der Waals surface area contributed by atoms with Gasteiger partial charge in [0.15, 0.2) is 6.10 Å². The van der Waals surface area contributed by atoms with Crippen molar-refractivity contribution in [1.82, 2.24) is 0 Å². The summed E-state index contributed by atoms with van der Waals surface area (Å²) in [7, 11) is -3.77. The number of sulfonamides is 1. The first kappa shape index (κ1) is 23.6. The zero-order chi connectivity index (χ0) is 23.3. The Balaban J connectivity index is 1.70. The van der Waals surface area contributed by atoms with Gasteiger partial charge in [0.2, 0.25) is 0 Å². The van der Waals surface area contributed by atoms with E-state index in [1.165, 1.54) is 24.3 Å². The smallest absolute Gasteiger partial charge is 0.265 e. The van der Waals surface area contributed by atoms with E-state index in [1.807, 2.05) is 32.9 Å². The Labute approximate surface area is 193 Å². The van der Waals surface area contributed by atoms with Gasteiger partial charge in [-0.05, 0) is 73.9 Å². The third-order valence-electron chi connectivity index (χ3n) is 4.84. The number of nitrogens with one attached hydrogen (secondary N) is 2. The topological polar surface area (TPSA) is 84.5 Å². The van der Waals surface area contributed by atoms with Gasteiger partial charge < -0.3 is 10.1 Å². The Kier molecular flexibility index (Phi) is 7.43. The standard InChI is InChI=1S/C24H25ClN2O4S/c1-4-22(31-23-8-6-5-7-20(23)25)24(28)26-18-11-13-19(14-12-18)32(29,30)27-21-15-16(2)9-10-17(21)3/h5-15,22,27H,4H2,1-3H3,(H,26,28)/t22-/m1/s1. The van der Waals surface area contributed by atoms with E-state index >= 15 is 0 Å². The molecule has 1 atom stereocenters. The number of anilines is 2. The molecule has 0 aliphatic heterocycles. The number of ether oxygens (including phenoxy) is 1. The molecule has 0 saturated carbocycles. The Morgan fingerprint density at radius 2 is 1.72 bits per heavy atom. The second kappa shape index (κ2) is 10.1. The van der Waals surface area contributed by atoms with E-state index < -0.39 is 16.1 Å². The van der Waals surface area contributed by atoms with E-state index in [4.69, 9.17) is 16.3 Å². The van der Waals surface area contributed by atoms with Crippen LogP contribution in [0.3, 0.4) is 0 Å². The van der Waals surface area contributed by atoms with E-state index in [1.54, 1.807) is 30.3 Å². The largest absolute Gasteiger partial charge is 0.479 e. The van der Waals surface area contributed by atoms with Gasteiger partial charge in [0.25, 0.3) is 15.9 Å². The molecule has 0 aliphatic carbocycles. The van der Waals surface area contributed by atoms with Gasteiger partial charge in [0.05, 0.1) is 15.6 Å². The van der Waals surface area contributed by atoms with Gasteiger partial charge in [-0.3, -0.25) is 9.52 Å². The number of carbonyl (C=O) groups is 1. The fourth-order valence-corrected chi connectivity index (χ4v) is 4.31. The molecule has 3 aromatic carbocycles. The lowest BCUT2D eigenvalue weighted by Crippen LogP contribution is -2.32. The third kappa shape index (κ3) is 5.81. The zero-order valence-corrected chi connectivity index (χ0v) is 19.6. The molecule has 1 amide bonds. The second-order valence-corrected chi connectivity index (χ2v) is 9.47. The van der Waals surface area contributed by atoms with E-state index in [0.29, 0.717) is 28.6 Å². The predicted octanol–water partition coefficient (Wildman–Crippen LogP) is 5.55. The van der Waals surface area contributed by atoms with Crippen LogP contribution >= 0.6 is 11.6 Å². The van der Waals surface area contributed by atoms with Crippen molar-refractivity contribution in [2.75, 3.05) is 10.0 Å². The summed E-state index contributed by atoms with van der Waals surface area (Å²) in [6.07, 6.45) is -0.312. The van der Waals surface area contributed by atoms with Crippen LogP contribution in [0.25, 0.3) is 0 Å². The Hall–Kier alpha value is -3.03. The number of halogens is 1. The number of hydrogen-bond acceptors (Lipinski definition) is 4. The summed E-state index contributed by atoms with van der Waals surface area (Å²) in [6.45, 7) is 5.56. The summed E-state index contributed by atoms with van der Waals surface area (Å²) in [5, 5.41) is 3.18. The highest BCUT2D eigenvalue weighted by atomic mass is 35.5. The van der Waals surface area contributed by atoms with Crippen molar-refractivity contribution in [2.45, 2.75) is 38.2 Å². The molecule has 0 radical (unpaired) electrons. The van der Waals surface area contributed by atoms with Gasteiger partial charge in [-0.25, -0.2) is 8.42 Å². The summed E-state index contributed by atoms with van der Waals surface area (Å²) >= 11 is 6.11. The van der Waals surface area contributed by atoms with Crippen LogP contribution in [0.4, 0.5) is 11.4 Å².